The maximum absolute atomic E-state index is 9.90. The molecule has 8 heteroatoms. The van der Waals surface area contributed by atoms with E-state index in [-0.39, 0.29) is 5.57 Å². The first-order valence-corrected chi connectivity index (χ1v) is 4.85. The Morgan fingerprint density at radius 3 is 1.67 bits per heavy atom. The highest BCUT2D eigenvalue weighted by Gasteiger charge is 2.00. The Balaban J connectivity index is 0. The molecule has 0 bridgehead atoms. The second kappa shape index (κ2) is 6.74. The average Bonchev–Trinajstić information content (AvgIpc) is 2.02. The molecular formula is C7H10O7S. The van der Waals surface area contributed by atoms with Gasteiger partial charge in [0, 0.05) is 11.6 Å². The third-order valence-electron chi connectivity index (χ3n) is 0.888. The number of rotatable bonds is 3. The molecule has 0 atom stereocenters. The Labute approximate surface area is 86.1 Å². The highest BCUT2D eigenvalue weighted by Crippen LogP contribution is 1.89. The van der Waals surface area contributed by atoms with E-state index < -0.39 is 22.1 Å². The minimum Gasteiger partial charge on any atom is -0.478 e. The van der Waals surface area contributed by atoms with Crippen molar-refractivity contribution in [2.24, 2.45) is 0 Å². The molecule has 7 nitrogen and oxygen atoms in total. The molecule has 0 aliphatic heterocycles. The van der Waals surface area contributed by atoms with Crippen LogP contribution < -0.4 is 0 Å². The van der Waals surface area contributed by atoms with Crippen LogP contribution in [0.2, 0.25) is 0 Å². The summed E-state index contributed by atoms with van der Waals surface area (Å²) in [7, 11) is -3.90. The summed E-state index contributed by atoms with van der Waals surface area (Å²) in [5, 5.41) is 16.6. The lowest BCUT2D eigenvalue weighted by Gasteiger charge is -1.86. The number of hydrogen-bond donors (Lipinski definition) is 3. The Bertz CT molecular complexity index is 365. The van der Waals surface area contributed by atoms with Gasteiger partial charge in [-0.3, -0.25) is 4.55 Å². The number of carbonyl (C=O) groups is 2. The van der Waals surface area contributed by atoms with E-state index in [9.17, 15) is 18.0 Å². The van der Waals surface area contributed by atoms with Crippen LogP contribution >= 0.6 is 0 Å². The SMILES string of the molecule is C/C(=C/C(=O)O)C(=O)O.C=CS(=O)(=O)O. The first-order valence-electron chi connectivity index (χ1n) is 3.34. The molecule has 0 unspecified atom stereocenters. The summed E-state index contributed by atoms with van der Waals surface area (Å²) in [5.74, 6) is -2.45. The van der Waals surface area contributed by atoms with E-state index >= 15 is 0 Å². The van der Waals surface area contributed by atoms with Crippen LogP contribution in [0.1, 0.15) is 6.92 Å². The third kappa shape index (κ3) is 15.1. The van der Waals surface area contributed by atoms with Crippen molar-refractivity contribution < 1.29 is 32.8 Å². The van der Waals surface area contributed by atoms with Gasteiger partial charge in [-0.05, 0) is 6.92 Å². The van der Waals surface area contributed by atoms with E-state index in [0.717, 1.165) is 0 Å². The topological polar surface area (TPSA) is 129 Å². The fourth-order valence-electron chi connectivity index (χ4n) is 0.247. The van der Waals surface area contributed by atoms with Crippen LogP contribution in [0.5, 0.6) is 0 Å². The molecule has 3 N–H and O–H groups in total. The quantitative estimate of drug-likeness (QED) is 0.470. The molecule has 0 aliphatic carbocycles. The second-order valence-electron chi connectivity index (χ2n) is 2.15. The summed E-state index contributed by atoms with van der Waals surface area (Å²) in [5.41, 5.74) is -0.178. The zero-order valence-corrected chi connectivity index (χ0v) is 8.56. The van der Waals surface area contributed by atoms with Gasteiger partial charge in [-0.2, -0.15) is 8.42 Å². The predicted molar refractivity (Wildman–Crippen MR) is 50.8 cm³/mol. The van der Waals surface area contributed by atoms with E-state index in [4.69, 9.17) is 14.8 Å². The number of carboxylic acids is 2. The van der Waals surface area contributed by atoms with Crippen molar-refractivity contribution in [3.8, 4) is 0 Å². The maximum Gasteiger partial charge on any atom is 0.331 e. The molecule has 15 heavy (non-hydrogen) atoms. The van der Waals surface area contributed by atoms with Crippen LogP contribution in [0.25, 0.3) is 0 Å². The molecule has 0 heterocycles. The molecule has 0 saturated heterocycles. The van der Waals surface area contributed by atoms with E-state index in [0.29, 0.717) is 11.5 Å². The van der Waals surface area contributed by atoms with Gasteiger partial charge in [0.2, 0.25) is 0 Å². The van der Waals surface area contributed by atoms with Crippen molar-refractivity contribution in [1.29, 1.82) is 0 Å². The first kappa shape index (κ1) is 15.8. The standard InChI is InChI=1S/C5H6O4.C2H4O3S/c1-3(5(8)9)2-4(6)7;1-2-6(3,4)5/h2H,1H3,(H,6,7)(H,8,9);2H,1H2,(H,3,4,5)/b3-2-;. The molecule has 0 aromatic carbocycles. The van der Waals surface area contributed by atoms with Crippen molar-refractivity contribution in [1.82, 2.24) is 0 Å². The Morgan fingerprint density at radius 1 is 1.27 bits per heavy atom. The van der Waals surface area contributed by atoms with Crippen molar-refractivity contribution >= 4 is 22.1 Å². The highest BCUT2D eigenvalue weighted by molar-refractivity contribution is 7.88. The van der Waals surface area contributed by atoms with Crippen LogP contribution in [-0.2, 0) is 19.7 Å². The number of aliphatic carboxylic acids is 2. The van der Waals surface area contributed by atoms with Gasteiger partial charge in [-0.1, -0.05) is 6.58 Å². The average molecular weight is 238 g/mol. The molecule has 0 aliphatic rings. The number of hydrogen-bond acceptors (Lipinski definition) is 4. The van der Waals surface area contributed by atoms with Gasteiger partial charge >= 0.3 is 11.9 Å². The van der Waals surface area contributed by atoms with Gasteiger partial charge in [-0.15, -0.1) is 0 Å². The maximum atomic E-state index is 9.90. The van der Waals surface area contributed by atoms with Crippen LogP contribution in [0.15, 0.2) is 23.6 Å². The first-order chi connectivity index (χ1) is 6.60. The lowest BCUT2D eigenvalue weighted by Crippen LogP contribution is -1.99. The van der Waals surface area contributed by atoms with E-state index in [2.05, 4.69) is 6.58 Å². The van der Waals surface area contributed by atoms with Crippen LogP contribution in [0.4, 0.5) is 0 Å². The van der Waals surface area contributed by atoms with E-state index in [1.54, 1.807) is 0 Å². The monoisotopic (exact) mass is 238 g/mol. The lowest BCUT2D eigenvalue weighted by molar-refractivity contribution is -0.135. The molecule has 0 spiro atoms. The lowest BCUT2D eigenvalue weighted by atomic mass is 10.3. The van der Waals surface area contributed by atoms with Crippen LogP contribution in [0, 0.1) is 0 Å². The molecule has 0 aromatic rings. The summed E-state index contributed by atoms with van der Waals surface area (Å²) >= 11 is 0. The van der Waals surface area contributed by atoms with Gasteiger partial charge in [0.05, 0.1) is 5.41 Å². The smallest absolute Gasteiger partial charge is 0.331 e. The van der Waals surface area contributed by atoms with Crippen LogP contribution in [-0.4, -0.2) is 35.1 Å². The molecule has 0 rings (SSSR count). The van der Waals surface area contributed by atoms with Gasteiger partial charge in [0.1, 0.15) is 0 Å². The van der Waals surface area contributed by atoms with E-state index in [1.165, 1.54) is 6.92 Å². The molecule has 0 saturated carbocycles. The second-order valence-corrected chi connectivity index (χ2v) is 3.52. The molecule has 0 radical (unpaired) electrons. The largest absolute Gasteiger partial charge is 0.478 e. The van der Waals surface area contributed by atoms with Gasteiger partial charge < -0.3 is 10.2 Å². The highest BCUT2D eigenvalue weighted by atomic mass is 32.2. The van der Waals surface area contributed by atoms with Gasteiger partial charge in [0.15, 0.2) is 0 Å². The predicted octanol–water partition coefficient (Wildman–Crippen LogP) is 0.120. The van der Waals surface area contributed by atoms with Crippen molar-refractivity contribution in [3.05, 3.63) is 23.6 Å². The normalized spacial score (nSPS) is 10.9. The molecular weight excluding hydrogens is 228 g/mol. The summed E-state index contributed by atoms with van der Waals surface area (Å²) in [6.07, 6.45) is 0.641. The van der Waals surface area contributed by atoms with E-state index in [1.807, 2.05) is 0 Å². The summed E-state index contributed by atoms with van der Waals surface area (Å²) in [6.45, 7) is 4.01. The molecule has 0 fully saturated rings. The summed E-state index contributed by atoms with van der Waals surface area (Å²) in [4.78, 5) is 19.7. The zero-order chi connectivity index (χ0) is 12.6. The van der Waals surface area contributed by atoms with Crippen molar-refractivity contribution in [2.75, 3.05) is 0 Å². The molecule has 86 valence electrons. The van der Waals surface area contributed by atoms with Crippen LogP contribution in [0.3, 0.4) is 0 Å². The van der Waals surface area contributed by atoms with Gasteiger partial charge in [-0.25, -0.2) is 9.59 Å². The minimum absolute atomic E-state index is 0.178. The minimum atomic E-state index is -3.90. The fourth-order valence-corrected chi connectivity index (χ4v) is 0.247. The molecule has 0 aromatic heterocycles. The number of carboxylic acid groups (broad SMARTS) is 2. The zero-order valence-electron chi connectivity index (χ0n) is 7.74. The van der Waals surface area contributed by atoms with Crippen molar-refractivity contribution in [3.63, 3.8) is 0 Å². The Morgan fingerprint density at radius 2 is 1.60 bits per heavy atom. The third-order valence-corrected chi connectivity index (χ3v) is 1.31. The van der Waals surface area contributed by atoms with Crippen molar-refractivity contribution in [2.45, 2.75) is 6.92 Å². The Hall–Kier alpha value is -1.67. The Kier molecular flexibility index (Phi) is 7.09. The fraction of sp³-hybridized carbons (Fsp3) is 0.143. The molecule has 0 amide bonds. The van der Waals surface area contributed by atoms with Gasteiger partial charge in [0.25, 0.3) is 10.1 Å². The summed E-state index contributed by atoms with van der Waals surface area (Å²) < 4.78 is 26.6. The summed E-state index contributed by atoms with van der Waals surface area (Å²) in [6, 6.07) is 0.